The van der Waals surface area contributed by atoms with Crippen molar-refractivity contribution in [3.8, 4) is 11.1 Å². The number of halogens is 1. The molecule has 1 aromatic heterocycles. The van der Waals surface area contributed by atoms with Crippen LogP contribution in [0, 0.1) is 6.57 Å². The Labute approximate surface area is 145 Å². The van der Waals surface area contributed by atoms with E-state index in [0.29, 0.717) is 10.7 Å². The summed E-state index contributed by atoms with van der Waals surface area (Å²) in [5, 5.41) is 3.66. The zero-order valence-corrected chi connectivity index (χ0v) is 14.2. The topological polar surface area (TPSA) is 7.60 Å². The normalized spacial score (nSPS) is 10.3. The molecular weight excluding hydrogens is 324 g/mol. The lowest BCUT2D eigenvalue weighted by atomic mass is 10.1. The van der Waals surface area contributed by atoms with Gasteiger partial charge in [0.2, 0.25) is 5.69 Å². The van der Waals surface area contributed by atoms with Gasteiger partial charge >= 0.3 is 0 Å². The van der Waals surface area contributed by atoms with Gasteiger partial charge in [-0.15, -0.1) is 11.3 Å². The van der Waals surface area contributed by atoms with Gasteiger partial charge < -0.3 is 4.90 Å². The number of hydrogen-bond acceptors (Lipinski definition) is 2. The molecule has 3 rings (SSSR count). The van der Waals surface area contributed by atoms with Crippen LogP contribution in [-0.4, -0.2) is 6.54 Å². The van der Waals surface area contributed by atoms with Gasteiger partial charge in [0, 0.05) is 22.8 Å². The second kappa shape index (κ2) is 6.87. The maximum absolute atomic E-state index is 7.65. The average Bonchev–Trinajstić information content (AvgIpc) is 3.00. The minimum absolute atomic E-state index is 0.661. The first-order chi connectivity index (χ1) is 11.3. The van der Waals surface area contributed by atoms with Crippen molar-refractivity contribution < 1.29 is 0 Å². The molecule has 0 atom stereocenters. The molecule has 0 amide bonds. The van der Waals surface area contributed by atoms with E-state index in [2.05, 4.69) is 28.8 Å². The summed E-state index contributed by atoms with van der Waals surface area (Å²) < 4.78 is 0. The van der Waals surface area contributed by atoms with Crippen molar-refractivity contribution in [3.63, 3.8) is 0 Å². The molecule has 2 aromatic carbocycles. The Hall–Kier alpha value is -2.28. The minimum atomic E-state index is 0.661. The first-order valence-corrected chi connectivity index (χ1v) is 8.58. The monoisotopic (exact) mass is 338 g/mol. The van der Waals surface area contributed by atoms with Crippen LogP contribution in [-0.2, 0) is 0 Å². The van der Waals surface area contributed by atoms with E-state index in [1.807, 2.05) is 47.8 Å². The van der Waals surface area contributed by atoms with E-state index in [0.717, 1.165) is 28.4 Å². The van der Waals surface area contributed by atoms with E-state index in [1.165, 1.54) is 0 Å². The van der Waals surface area contributed by atoms with Crippen LogP contribution in [0.15, 0.2) is 60.0 Å². The first-order valence-electron chi connectivity index (χ1n) is 7.32. The second-order valence-electron chi connectivity index (χ2n) is 4.97. The van der Waals surface area contributed by atoms with Crippen molar-refractivity contribution in [2.75, 3.05) is 11.4 Å². The maximum Gasteiger partial charge on any atom is 0.228 e. The van der Waals surface area contributed by atoms with E-state index < -0.39 is 0 Å². The standard InChI is InChI=1S/C19H15ClN2S/c1-3-22(14-9-5-4-6-10-14)19-18(21-2)16(13-23-19)15-11-7-8-12-17(15)20/h4-13H,3H2,1H3. The van der Waals surface area contributed by atoms with Crippen molar-refractivity contribution in [2.24, 2.45) is 0 Å². The predicted octanol–water partition coefficient (Wildman–Crippen LogP) is 6.78. The molecule has 23 heavy (non-hydrogen) atoms. The van der Waals surface area contributed by atoms with Crippen LogP contribution in [0.1, 0.15) is 6.92 Å². The molecule has 0 fully saturated rings. The summed E-state index contributed by atoms with van der Waals surface area (Å²) in [7, 11) is 0. The summed E-state index contributed by atoms with van der Waals surface area (Å²) >= 11 is 7.90. The lowest BCUT2D eigenvalue weighted by molar-refractivity contribution is 1.04. The van der Waals surface area contributed by atoms with Gasteiger partial charge in [-0.05, 0) is 36.1 Å². The summed E-state index contributed by atoms with van der Waals surface area (Å²) in [6.07, 6.45) is 0. The number of thiophene rings is 1. The van der Waals surface area contributed by atoms with Gasteiger partial charge in [0.25, 0.3) is 0 Å². The molecule has 0 N–H and O–H groups in total. The van der Waals surface area contributed by atoms with E-state index >= 15 is 0 Å². The fourth-order valence-corrected chi connectivity index (χ4v) is 3.90. The Morgan fingerprint density at radius 3 is 2.39 bits per heavy atom. The zero-order chi connectivity index (χ0) is 16.2. The van der Waals surface area contributed by atoms with Crippen LogP contribution >= 0.6 is 22.9 Å². The zero-order valence-electron chi connectivity index (χ0n) is 12.7. The lowest BCUT2D eigenvalue weighted by Gasteiger charge is -2.22. The molecule has 1 heterocycles. The third kappa shape index (κ3) is 2.96. The van der Waals surface area contributed by atoms with E-state index in [1.54, 1.807) is 11.3 Å². The Morgan fingerprint density at radius 1 is 1.04 bits per heavy atom. The van der Waals surface area contributed by atoms with Crippen LogP contribution in [0.3, 0.4) is 0 Å². The summed E-state index contributed by atoms with van der Waals surface area (Å²) in [5.74, 6) is 0. The first kappa shape index (κ1) is 15.6. The third-order valence-corrected chi connectivity index (χ3v) is 4.97. The van der Waals surface area contributed by atoms with Crippen LogP contribution in [0.4, 0.5) is 16.4 Å². The van der Waals surface area contributed by atoms with Crippen LogP contribution in [0.25, 0.3) is 16.0 Å². The summed E-state index contributed by atoms with van der Waals surface area (Å²) in [6, 6.07) is 17.8. The molecular formula is C19H15ClN2S. The fraction of sp³-hybridized carbons (Fsp3) is 0.105. The van der Waals surface area contributed by atoms with Crippen LogP contribution < -0.4 is 4.90 Å². The molecule has 0 spiro atoms. The molecule has 0 bridgehead atoms. The van der Waals surface area contributed by atoms with Gasteiger partial charge in [-0.3, -0.25) is 0 Å². The highest BCUT2D eigenvalue weighted by Crippen LogP contribution is 2.47. The summed E-state index contributed by atoms with van der Waals surface area (Å²) in [5.41, 5.74) is 3.56. The SMILES string of the molecule is [C-]#[N+]c1c(-c2ccccc2Cl)csc1N(CC)c1ccccc1. The predicted molar refractivity (Wildman–Crippen MR) is 100 cm³/mol. The average molecular weight is 339 g/mol. The number of benzene rings is 2. The molecule has 114 valence electrons. The third-order valence-electron chi connectivity index (χ3n) is 3.65. The summed E-state index contributed by atoms with van der Waals surface area (Å²) in [4.78, 5) is 5.97. The highest BCUT2D eigenvalue weighted by Gasteiger charge is 2.20. The van der Waals surface area contributed by atoms with Crippen LogP contribution in [0.5, 0.6) is 0 Å². The Morgan fingerprint density at radius 2 is 1.74 bits per heavy atom. The molecule has 0 radical (unpaired) electrons. The lowest BCUT2D eigenvalue weighted by Crippen LogP contribution is -2.14. The fourth-order valence-electron chi connectivity index (χ4n) is 2.56. The molecule has 0 aliphatic carbocycles. The number of rotatable bonds is 4. The van der Waals surface area contributed by atoms with E-state index in [-0.39, 0.29) is 0 Å². The molecule has 0 aliphatic rings. The smallest absolute Gasteiger partial charge is 0.228 e. The van der Waals surface area contributed by atoms with Gasteiger partial charge in [0.1, 0.15) is 5.00 Å². The number of hydrogen-bond donors (Lipinski definition) is 0. The van der Waals surface area contributed by atoms with Gasteiger partial charge in [-0.2, -0.15) is 0 Å². The Bertz CT molecular complexity index is 849. The van der Waals surface area contributed by atoms with Crippen LogP contribution in [0.2, 0.25) is 5.02 Å². The molecule has 0 aliphatic heterocycles. The number of nitrogens with zero attached hydrogens (tertiary/aromatic N) is 2. The van der Waals surface area contributed by atoms with Gasteiger partial charge in [-0.1, -0.05) is 48.0 Å². The molecule has 0 unspecified atom stereocenters. The van der Waals surface area contributed by atoms with E-state index in [4.69, 9.17) is 18.2 Å². The second-order valence-corrected chi connectivity index (χ2v) is 6.24. The van der Waals surface area contributed by atoms with Gasteiger partial charge in [0.15, 0.2) is 0 Å². The molecule has 3 aromatic rings. The van der Waals surface area contributed by atoms with Crippen molar-refractivity contribution in [1.82, 2.24) is 0 Å². The van der Waals surface area contributed by atoms with Crippen molar-refractivity contribution in [1.29, 1.82) is 0 Å². The molecule has 0 saturated heterocycles. The highest BCUT2D eigenvalue weighted by atomic mass is 35.5. The Kier molecular flexibility index (Phi) is 4.66. The van der Waals surface area contributed by atoms with Crippen molar-refractivity contribution in [3.05, 3.63) is 76.4 Å². The Balaban J connectivity index is 2.12. The summed E-state index contributed by atoms with van der Waals surface area (Å²) in [6.45, 7) is 10.5. The molecule has 2 nitrogen and oxygen atoms in total. The van der Waals surface area contributed by atoms with Crippen molar-refractivity contribution >= 4 is 39.3 Å². The van der Waals surface area contributed by atoms with Gasteiger partial charge in [0.05, 0.1) is 6.57 Å². The molecule has 4 heteroatoms. The largest absolute Gasteiger partial charge is 0.342 e. The maximum atomic E-state index is 7.65. The number of para-hydroxylation sites is 1. The highest BCUT2D eigenvalue weighted by molar-refractivity contribution is 7.15. The van der Waals surface area contributed by atoms with Gasteiger partial charge in [-0.25, -0.2) is 4.85 Å². The van der Waals surface area contributed by atoms with Crippen molar-refractivity contribution in [2.45, 2.75) is 6.92 Å². The van der Waals surface area contributed by atoms with E-state index in [9.17, 15) is 0 Å². The molecule has 0 saturated carbocycles. The quantitative estimate of drug-likeness (QED) is 0.476. The number of anilines is 2. The minimum Gasteiger partial charge on any atom is -0.342 e.